The van der Waals surface area contributed by atoms with Gasteiger partial charge in [-0.2, -0.15) is 0 Å². The molecule has 0 aromatic heterocycles. The number of cyclic esters (lactones) is 1. The van der Waals surface area contributed by atoms with E-state index in [1.165, 1.54) is 0 Å². The summed E-state index contributed by atoms with van der Waals surface area (Å²) >= 11 is 0. The molecule has 0 radical (unpaired) electrons. The molecule has 1 fully saturated rings. The Bertz CT molecular complexity index is 1030. The van der Waals surface area contributed by atoms with Gasteiger partial charge in [0.1, 0.15) is 0 Å². The van der Waals surface area contributed by atoms with E-state index in [1.807, 2.05) is 78.9 Å². The van der Waals surface area contributed by atoms with Crippen molar-refractivity contribution < 1.29 is 14.3 Å². The van der Waals surface area contributed by atoms with Crippen molar-refractivity contribution in [1.29, 1.82) is 0 Å². The molecular weight excluding hydrogens is 374 g/mol. The summed E-state index contributed by atoms with van der Waals surface area (Å²) in [5.74, 6) is -0.655. The summed E-state index contributed by atoms with van der Waals surface area (Å²) in [6.07, 6.45) is 1.53. The molecule has 0 aliphatic carbocycles. The van der Waals surface area contributed by atoms with Crippen molar-refractivity contribution in [3.8, 4) is 0 Å². The highest BCUT2D eigenvalue weighted by Gasteiger charge is 2.57. The minimum atomic E-state index is -1.17. The van der Waals surface area contributed by atoms with Gasteiger partial charge in [-0.15, -0.1) is 6.58 Å². The van der Waals surface area contributed by atoms with Crippen molar-refractivity contribution in [2.45, 2.75) is 24.6 Å². The maximum Gasteiger partial charge on any atom is 0.335 e. The summed E-state index contributed by atoms with van der Waals surface area (Å²) in [6, 6.07) is 28.1. The molecule has 4 heteroatoms. The predicted molar refractivity (Wildman–Crippen MR) is 116 cm³/mol. The number of carbonyl (C=O) groups excluding carboxylic acids is 2. The Hall–Kier alpha value is -3.66. The first kappa shape index (κ1) is 19.6. The van der Waals surface area contributed by atoms with Crippen LogP contribution in [0, 0.1) is 0 Å². The molecule has 30 heavy (non-hydrogen) atoms. The molecule has 4 rings (SSSR count). The molecule has 0 spiro atoms. The van der Waals surface area contributed by atoms with Gasteiger partial charge in [-0.1, -0.05) is 84.9 Å². The van der Waals surface area contributed by atoms with E-state index in [0.29, 0.717) is 18.4 Å². The third-order valence-corrected chi connectivity index (χ3v) is 5.44. The van der Waals surface area contributed by atoms with Gasteiger partial charge in [0, 0.05) is 17.5 Å². The molecule has 1 heterocycles. The number of esters is 1. The molecule has 0 unspecified atom stereocenters. The summed E-state index contributed by atoms with van der Waals surface area (Å²) in [5.41, 5.74) is 1.06. The second kappa shape index (κ2) is 8.37. The van der Waals surface area contributed by atoms with E-state index in [9.17, 15) is 9.59 Å². The molecule has 1 aliphatic rings. The lowest BCUT2D eigenvalue weighted by molar-refractivity contribution is -0.145. The second-order valence-corrected chi connectivity index (χ2v) is 7.40. The molecule has 3 aromatic carbocycles. The van der Waals surface area contributed by atoms with Crippen molar-refractivity contribution in [1.82, 2.24) is 4.90 Å². The molecule has 0 saturated carbocycles. The van der Waals surface area contributed by atoms with Crippen LogP contribution >= 0.6 is 0 Å². The quantitative estimate of drug-likeness (QED) is 0.437. The number of rotatable bonds is 6. The van der Waals surface area contributed by atoms with Crippen molar-refractivity contribution in [3.63, 3.8) is 0 Å². The standard InChI is InChI=1S/C26H23NO3/c1-2-18-26(19-20-12-6-3-7-13-20)25(29)30-24(22-16-10-5-11-17-22)27(26)23(28)21-14-8-4-9-15-21/h2-17,24H,1,18-19H2/t24-,26-/m1/s1. The van der Waals surface area contributed by atoms with Gasteiger partial charge in [-0.05, 0) is 24.1 Å². The maximum atomic E-state index is 13.7. The fourth-order valence-corrected chi connectivity index (χ4v) is 4.03. The van der Waals surface area contributed by atoms with E-state index >= 15 is 0 Å². The third-order valence-electron chi connectivity index (χ3n) is 5.44. The number of nitrogens with zero attached hydrogens (tertiary/aromatic N) is 1. The van der Waals surface area contributed by atoms with Gasteiger partial charge in [0.05, 0.1) is 0 Å². The lowest BCUT2D eigenvalue weighted by Crippen LogP contribution is -2.53. The van der Waals surface area contributed by atoms with Gasteiger partial charge in [-0.3, -0.25) is 9.69 Å². The van der Waals surface area contributed by atoms with Crippen LogP contribution in [0.3, 0.4) is 0 Å². The zero-order valence-corrected chi connectivity index (χ0v) is 16.6. The minimum Gasteiger partial charge on any atom is -0.435 e. The molecule has 1 aliphatic heterocycles. The molecule has 2 atom stereocenters. The number of amides is 1. The summed E-state index contributed by atoms with van der Waals surface area (Å²) in [6.45, 7) is 3.86. The van der Waals surface area contributed by atoms with Crippen LogP contribution in [0.4, 0.5) is 0 Å². The highest BCUT2D eigenvalue weighted by molar-refractivity contribution is 6.00. The summed E-state index contributed by atoms with van der Waals surface area (Å²) < 4.78 is 5.86. The highest BCUT2D eigenvalue weighted by Crippen LogP contribution is 2.43. The fourth-order valence-electron chi connectivity index (χ4n) is 4.03. The van der Waals surface area contributed by atoms with Gasteiger partial charge in [-0.25, -0.2) is 4.79 Å². The normalized spacial score (nSPS) is 20.6. The first-order valence-electron chi connectivity index (χ1n) is 9.95. The topological polar surface area (TPSA) is 46.6 Å². The molecule has 1 saturated heterocycles. The molecule has 3 aromatic rings. The van der Waals surface area contributed by atoms with Crippen molar-refractivity contribution in [2.75, 3.05) is 0 Å². The van der Waals surface area contributed by atoms with E-state index in [0.717, 1.165) is 11.1 Å². The van der Waals surface area contributed by atoms with E-state index in [1.54, 1.807) is 23.1 Å². The molecule has 1 amide bonds. The van der Waals surface area contributed by atoms with Crippen molar-refractivity contribution >= 4 is 11.9 Å². The van der Waals surface area contributed by atoms with Crippen LogP contribution in [0.15, 0.2) is 104 Å². The Morgan fingerprint density at radius 2 is 1.50 bits per heavy atom. The lowest BCUT2D eigenvalue weighted by Gasteiger charge is -2.36. The van der Waals surface area contributed by atoms with Crippen molar-refractivity contribution in [3.05, 3.63) is 120 Å². The molecule has 0 N–H and O–H groups in total. The van der Waals surface area contributed by atoms with Gasteiger partial charge in [0.15, 0.2) is 5.54 Å². The van der Waals surface area contributed by atoms with Gasteiger partial charge >= 0.3 is 5.97 Å². The van der Waals surface area contributed by atoms with Gasteiger partial charge < -0.3 is 4.74 Å². The van der Waals surface area contributed by atoms with Gasteiger partial charge in [0.25, 0.3) is 5.91 Å². The Morgan fingerprint density at radius 1 is 0.933 bits per heavy atom. The van der Waals surface area contributed by atoms with E-state index < -0.39 is 17.7 Å². The molecule has 4 nitrogen and oxygen atoms in total. The SMILES string of the molecule is C=CC[C@@]1(Cc2ccccc2)C(=O)O[C@H](c2ccccc2)N1C(=O)c1ccccc1. The summed E-state index contributed by atoms with van der Waals surface area (Å²) in [4.78, 5) is 28.7. The summed E-state index contributed by atoms with van der Waals surface area (Å²) in [5, 5.41) is 0. The zero-order chi connectivity index (χ0) is 21.0. The maximum absolute atomic E-state index is 13.7. The van der Waals surface area contributed by atoms with Crippen LogP contribution < -0.4 is 0 Å². The Balaban J connectivity index is 1.85. The number of ether oxygens (including phenoxy) is 1. The minimum absolute atomic E-state index is 0.243. The van der Waals surface area contributed by atoms with Crippen LogP contribution in [-0.2, 0) is 16.0 Å². The molecule has 150 valence electrons. The zero-order valence-electron chi connectivity index (χ0n) is 16.6. The Labute approximate surface area is 176 Å². The first-order valence-corrected chi connectivity index (χ1v) is 9.95. The fraction of sp³-hybridized carbons (Fsp3) is 0.154. The van der Waals surface area contributed by atoms with Crippen LogP contribution in [0.25, 0.3) is 0 Å². The number of hydrogen-bond acceptors (Lipinski definition) is 3. The van der Waals surface area contributed by atoms with E-state index in [4.69, 9.17) is 4.74 Å². The van der Waals surface area contributed by atoms with Crippen LogP contribution in [0.1, 0.15) is 34.1 Å². The molecular formula is C26H23NO3. The molecule has 0 bridgehead atoms. The Kier molecular flexibility index (Phi) is 5.48. The number of hydrogen-bond donors (Lipinski definition) is 0. The average molecular weight is 397 g/mol. The van der Waals surface area contributed by atoms with E-state index in [2.05, 4.69) is 6.58 Å². The monoisotopic (exact) mass is 397 g/mol. The first-order chi connectivity index (χ1) is 14.7. The van der Waals surface area contributed by atoms with Gasteiger partial charge in [0.2, 0.25) is 6.23 Å². The largest absolute Gasteiger partial charge is 0.435 e. The smallest absolute Gasteiger partial charge is 0.335 e. The third kappa shape index (κ3) is 3.52. The van der Waals surface area contributed by atoms with Crippen LogP contribution in [0.5, 0.6) is 0 Å². The number of carbonyl (C=O) groups is 2. The van der Waals surface area contributed by atoms with Crippen molar-refractivity contribution in [2.24, 2.45) is 0 Å². The second-order valence-electron chi connectivity index (χ2n) is 7.40. The lowest BCUT2D eigenvalue weighted by atomic mass is 9.85. The van der Waals surface area contributed by atoms with E-state index in [-0.39, 0.29) is 5.91 Å². The average Bonchev–Trinajstić information content (AvgIpc) is 3.07. The van der Waals surface area contributed by atoms with Crippen LogP contribution in [0.2, 0.25) is 0 Å². The highest BCUT2D eigenvalue weighted by atomic mass is 16.6. The predicted octanol–water partition coefficient (Wildman–Crippen LogP) is 4.94. The Morgan fingerprint density at radius 3 is 2.10 bits per heavy atom. The number of benzene rings is 3. The van der Waals surface area contributed by atoms with Crippen LogP contribution in [-0.4, -0.2) is 22.3 Å². The summed E-state index contributed by atoms with van der Waals surface area (Å²) in [7, 11) is 0.